The van der Waals surface area contributed by atoms with Gasteiger partial charge in [-0.25, -0.2) is 28.8 Å². The molecule has 0 fully saturated rings. The van der Waals surface area contributed by atoms with Gasteiger partial charge in [-0.3, -0.25) is 4.79 Å². The molecule has 0 saturated carbocycles. The van der Waals surface area contributed by atoms with E-state index in [1.807, 2.05) is 48.5 Å². The zero-order valence-corrected chi connectivity index (χ0v) is 39.5. The van der Waals surface area contributed by atoms with Crippen LogP contribution in [0.3, 0.4) is 0 Å². The molecule has 7 unspecified atom stereocenters. The van der Waals surface area contributed by atoms with Crippen LogP contribution in [0.15, 0.2) is 0 Å². The van der Waals surface area contributed by atoms with Gasteiger partial charge >= 0.3 is 41.8 Å². The molecular weight excluding hydrogens is 824 g/mol. The summed E-state index contributed by atoms with van der Waals surface area (Å²) in [7, 11) is 8.33. The number of methoxy groups -OCH3 is 6. The Kier molecular flexibility index (Phi) is 52.4. The van der Waals surface area contributed by atoms with E-state index in [-0.39, 0.29) is 6.42 Å². The molecule has 0 radical (unpaired) electrons. The van der Waals surface area contributed by atoms with Gasteiger partial charge in [0.1, 0.15) is 0 Å². The van der Waals surface area contributed by atoms with Crippen molar-refractivity contribution in [1.29, 1.82) is 0 Å². The zero-order chi connectivity index (χ0) is 49.9. The number of aliphatic carboxylic acids is 7. The van der Waals surface area contributed by atoms with Gasteiger partial charge in [-0.1, -0.05) is 99.8 Å². The number of ether oxygens (including phenoxy) is 6. The average molecular weight is 907 g/mol. The first-order chi connectivity index (χ1) is 29.1. The van der Waals surface area contributed by atoms with Gasteiger partial charge in [-0.05, 0) is 44.9 Å². The van der Waals surface area contributed by atoms with E-state index in [9.17, 15) is 43.8 Å². The number of carbonyl (C=O) groups is 7. The van der Waals surface area contributed by atoms with Gasteiger partial charge in [0, 0.05) is 42.7 Å². The lowest BCUT2D eigenvalue weighted by molar-refractivity contribution is -0.181. The second kappa shape index (κ2) is 46.6. The van der Waals surface area contributed by atoms with E-state index in [2.05, 4.69) is 23.7 Å². The standard InChI is InChI=1S/C12H22O5.5C6H12O3/c1-4-6-7-9(10(13)14)12(17-3,8-5-2)11(15)16;5*1-3-4-5(9-2)6(7)8/h9H,4-8H2,1-3H3,(H,13,14)(H,15,16);5*5H,3-4H2,1-2H3,(H,7,8). The Morgan fingerprint density at radius 3 is 0.710 bits per heavy atom. The third-order valence-corrected chi connectivity index (χ3v) is 8.61. The molecule has 0 aromatic heterocycles. The SMILES string of the molecule is CCCC(OC)C(=O)O.CCCC(OC)C(=O)O.CCCC(OC)C(=O)O.CCCC(OC)C(=O)O.CCCC(OC)C(=O)O.CCCCC(C(=O)O)C(CCC)(OC)C(=O)O. The minimum atomic E-state index is -1.60. The van der Waals surface area contributed by atoms with Crippen LogP contribution in [-0.2, 0) is 62.0 Å². The van der Waals surface area contributed by atoms with Crippen molar-refractivity contribution in [2.45, 2.75) is 181 Å². The molecule has 0 aromatic rings. The predicted octanol–water partition coefficient (Wildman–Crippen LogP) is 6.58. The summed E-state index contributed by atoms with van der Waals surface area (Å²) in [5.41, 5.74) is -1.60. The highest BCUT2D eigenvalue weighted by atomic mass is 16.5. The zero-order valence-electron chi connectivity index (χ0n) is 39.5. The molecule has 0 aromatic carbocycles. The van der Waals surface area contributed by atoms with Crippen molar-refractivity contribution in [3.63, 3.8) is 0 Å². The van der Waals surface area contributed by atoms with Crippen LogP contribution < -0.4 is 0 Å². The van der Waals surface area contributed by atoms with Crippen LogP contribution in [0.1, 0.15) is 145 Å². The van der Waals surface area contributed by atoms with Crippen molar-refractivity contribution < 1.29 is 97.7 Å². The Labute approximate surface area is 368 Å². The van der Waals surface area contributed by atoms with Crippen molar-refractivity contribution in [3.05, 3.63) is 0 Å². The highest BCUT2D eigenvalue weighted by Crippen LogP contribution is 2.32. The van der Waals surface area contributed by atoms with Crippen molar-refractivity contribution in [2.24, 2.45) is 5.92 Å². The first kappa shape index (κ1) is 69.7. The Hall–Kier alpha value is -3.95. The molecule has 0 heterocycles. The van der Waals surface area contributed by atoms with E-state index in [4.69, 9.17) is 30.3 Å². The van der Waals surface area contributed by atoms with Gasteiger partial charge < -0.3 is 64.2 Å². The predicted molar refractivity (Wildman–Crippen MR) is 230 cm³/mol. The highest BCUT2D eigenvalue weighted by molar-refractivity contribution is 5.86. The quantitative estimate of drug-likeness (QED) is 0.0417. The molecule has 0 amide bonds. The van der Waals surface area contributed by atoms with Crippen LogP contribution in [0.5, 0.6) is 0 Å². The number of hydrogen-bond acceptors (Lipinski definition) is 13. The Morgan fingerprint density at radius 2 is 0.613 bits per heavy atom. The van der Waals surface area contributed by atoms with Crippen molar-refractivity contribution in [1.82, 2.24) is 0 Å². The summed E-state index contributed by atoms with van der Waals surface area (Å²) in [6, 6.07) is 0. The Morgan fingerprint density at radius 1 is 0.371 bits per heavy atom. The lowest BCUT2D eigenvalue weighted by atomic mass is 9.80. The smallest absolute Gasteiger partial charge is 0.336 e. The van der Waals surface area contributed by atoms with Crippen LogP contribution in [0, 0.1) is 5.92 Å². The molecule has 20 heteroatoms. The summed E-state index contributed by atoms with van der Waals surface area (Å²) in [4.78, 5) is 73.6. The summed E-state index contributed by atoms with van der Waals surface area (Å²) in [5, 5.41) is 60.4. The molecule has 7 N–H and O–H groups in total. The van der Waals surface area contributed by atoms with E-state index >= 15 is 0 Å². The maximum absolute atomic E-state index is 11.4. The Balaban J connectivity index is -0.000000155. The molecule has 7 atom stereocenters. The fourth-order valence-electron chi connectivity index (χ4n) is 5.12. The molecule has 0 aliphatic carbocycles. The van der Waals surface area contributed by atoms with Crippen LogP contribution >= 0.6 is 0 Å². The van der Waals surface area contributed by atoms with Crippen LogP contribution in [0.4, 0.5) is 0 Å². The molecule has 0 bridgehead atoms. The third kappa shape index (κ3) is 36.7. The van der Waals surface area contributed by atoms with E-state index in [1.54, 1.807) is 0 Å². The van der Waals surface area contributed by atoms with Gasteiger partial charge in [-0.2, -0.15) is 0 Å². The van der Waals surface area contributed by atoms with Crippen LogP contribution in [0.25, 0.3) is 0 Å². The number of carboxylic acid groups (broad SMARTS) is 7. The molecule has 0 aliphatic rings. The lowest BCUT2D eigenvalue weighted by Crippen LogP contribution is -2.50. The molecule has 0 saturated heterocycles. The molecular formula is C42H82O20. The second-order valence-electron chi connectivity index (χ2n) is 13.4. The normalized spacial score (nSPS) is 14.0. The summed E-state index contributed by atoms with van der Waals surface area (Å²) >= 11 is 0. The summed E-state index contributed by atoms with van der Waals surface area (Å²) in [6.45, 7) is 13.4. The van der Waals surface area contributed by atoms with E-state index < -0.39 is 83.8 Å². The van der Waals surface area contributed by atoms with Gasteiger partial charge in [0.05, 0.1) is 5.92 Å². The molecule has 20 nitrogen and oxygen atoms in total. The van der Waals surface area contributed by atoms with Gasteiger partial charge in [-0.15, -0.1) is 0 Å². The number of rotatable bonds is 29. The second-order valence-corrected chi connectivity index (χ2v) is 13.4. The molecule has 370 valence electrons. The summed E-state index contributed by atoms with van der Waals surface area (Å²) in [5.74, 6) is -7.66. The van der Waals surface area contributed by atoms with Crippen LogP contribution in [-0.4, -0.2) is 156 Å². The van der Waals surface area contributed by atoms with Crippen molar-refractivity contribution >= 4 is 41.8 Å². The first-order valence-corrected chi connectivity index (χ1v) is 20.8. The van der Waals surface area contributed by atoms with E-state index in [1.165, 1.54) is 42.7 Å². The minimum Gasteiger partial charge on any atom is -0.481 e. The molecule has 62 heavy (non-hydrogen) atoms. The number of unbranched alkanes of at least 4 members (excludes halogenated alkanes) is 1. The minimum absolute atomic E-state index is 0.208. The first-order valence-electron chi connectivity index (χ1n) is 20.8. The van der Waals surface area contributed by atoms with Crippen molar-refractivity contribution in [2.75, 3.05) is 42.7 Å². The largest absolute Gasteiger partial charge is 0.481 e. The fourth-order valence-corrected chi connectivity index (χ4v) is 5.12. The third-order valence-electron chi connectivity index (χ3n) is 8.61. The van der Waals surface area contributed by atoms with E-state index in [0.29, 0.717) is 51.4 Å². The van der Waals surface area contributed by atoms with Crippen molar-refractivity contribution in [3.8, 4) is 0 Å². The monoisotopic (exact) mass is 907 g/mol. The number of carboxylic acids is 7. The lowest BCUT2D eigenvalue weighted by Gasteiger charge is -2.33. The molecule has 0 rings (SSSR count). The molecule has 0 aliphatic heterocycles. The average Bonchev–Trinajstić information content (AvgIpc) is 3.22. The highest BCUT2D eigenvalue weighted by Gasteiger charge is 2.49. The maximum Gasteiger partial charge on any atom is 0.336 e. The van der Waals surface area contributed by atoms with Gasteiger partial charge in [0.25, 0.3) is 0 Å². The van der Waals surface area contributed by atoms with Gasteiger partial charge in [0.15, 0.2) is 36.1 Å². The fraction of sp³-hybridized carbons (Fsp3) is 0.833. The van der Waals surface area contributed by atoms with Gasteiger partial charge in [0.2, 0.25) is 0 Å². The van der Waals surface area contributed by atoms with E-state index in [0.717, 1.165) is 38.5 Å². The topological polar surface area (TPSA) is 316 Å². The maximum atomic E-state index is 11.4. The number of hydrogen-bond donors (Lipinski definition) is 7. The summed E-state index contributed by atoms with van der Waals surface area (Å²) in [6.07, 6.45) is 6.66. The summed E-state index contributed by atoms with van der Waals surface area (Å²) < 4.78 is 28.3. The van der Waals surface area contributed by atoms with Crippen LogP contribution in [0.2, 0.25) is 0 Å². The molecule has 0 spiro atoms. The Bertz CT molecular complexity index is 1010.